The number of thiazole rings is 1. The van der Waals surface area contributed by atoms with Crippen molar-refractivity contribution >= 4 is 28.1 Å². The molecule has 0 spiro atoms. The van der Waals surface area contributed by atoms with Crippen molar-refractivity contribution in [1.29, 1.82) is 0 Å². The number of nitrogens with one attached hydrogen (secondary N) is 1. The minimum atomic E-state index is 0.0434. The van der Waals surface area contributed by atoms with Crippen LogP contribution in [0, 0.1) is 26.7 Å². The molecule has 1 saturated carbocycles. The molecule has 5 nitrogen and oxygen atoms in total. The molecule has 1 aliphatic carbocycles. The van der Waals surface area contributed by atoms with Gasteiger partial charge < -0.3 is 14.6 Å². The van der Waals surface area contributed by atoms with E-state index in [0.29, 0.717) is 18.2 Å². The van der Waals surface area contributed by atoms with Gasteiger partial charge in [0.1, 0.15) is 11.4 Å². The topological polar surface area (TPSA) is 58.2 Å². The van der Waals surface area contributed by atoms with Crippen LogP contribution >= 0.6 is 11.3 Å². The number of rotatable bonds is 8. The van der Waals surface area contributed by atoms with Gasteiger partial charge in [-0.25, -0.2) is 4.98 Å². The van der Waals surface area contributed by atoms with Gasteiger partial charge in [-0.1, -0.05) is 30.3 Å². The Bertz CT molecular complexity index is 1350. The first-order valence-electron chi connectivity index (χ1n) is 11.9. The van der Waals surface area contributed by atoms with Crippen LogP contribution in [0.5, 0.6) is 5.75 Å². The average molecular weight is 474 g/mol. The SMILES string of the molecule is COc1cccc2c(CCN(CC3CC3)C(=O)c3nc(C)sc3-c3ccc(C)c(C)c3)c[nH]c12. The Morgan fingerprint density at radius 2 is 2.00 bits per heavy atom. The molecule has 2 aromatic carbocycles. The normalized spacial score (nSPS) is 13.4. The average Bonchev–Trinajstić information content (AvgIpc) is 3.43. The van der Waals surface area contributed by atoms with Crippen molar-refractivity contribution < 1.29 is 9.53 Å². The molecule has 1 N–H and O–H groups in total. The second kappa shape index (κ2) is 9.26. The van der Waals surface area contributed by atoms with Crippen molar-refractivity contribution in [2.24, 2.45) is 5.92 Å². The number of ether oxygens (including phenoxy) is 1. The monoisotopic (exact) mass is 473 g/mol. The van der Waals surface area contributed by atoms with Gasteiger partial charge >= 0.3 is 0 Å². The van der Waals surface area contributed by atoms with Gasteiger partial charge in [-0.3, -0.25) is 4.79 Å². The maximum absolute atomic E-state index is 13.8. The summed E-state index contributed by atoms with van der Waals surface area (Å²) >= 11 is 1.61. The maximum Gasteiger partial charge on any atom is 0.274 e. The van der Waals surface area contributed by atoms with Gasteiger partial charge in [0.15, 0.2) is 0 Å². The van der Waals surface area contributed by atoms with Crippen LogP contribution in [0.4, 0.5) is 0 Å². The van der Waals surface area contributed by atoms with Gasteiger partial charge in [0.2, 0.25) is 0 Å². The largest absolute Gasteiger partial charge is 0.495 e. The lowest BCUT2D eigenvalue weighted by molar-refractivity contribution is 0.0745. The Labute approximate surface area is 204 Å². The van der Waals surface area contributed by atoms with Crippen LogP contribution in [0.2, 0.25) is 0 Å². The number of carbonyl (C=O) groups excluding carboxylic acids is 1. The van der Waals surface area contributed by atoms with Gasteiger partial charge in [-0.2, -0.15) is 0 Å². The van der Waals surface area contributed by atoms with Crippen LogP contribution in [0.1, 0.15) is 45.0 Å². The number of hydrogen-bond acceptors (Lipinski definition) is 4. The van der Waals surface area contributed by atoms with E-state index in [2.05, 4.69) is 43.1 Å². The van der Waals surface area contributed by atoms with E-state index >= 15 is 0 Å². The fraction of sp³-hybridized carbons (Fsp3) is 0.357. The molecule has 0 atom stereocenters. The summed E-state index contributed by atoms with van der Waals surface area (Å²) in [6.07, 6.45) is 5.23. The summed E-state index contributed by atoms with van der Waals surface area (Å²) in [5.41, 5.74) is 6.35. The van der Waals surface area contributed by atoms with Crippen molar-refractivity contribution in [3.05, 3.63) is 70.0 Å². The number of amides is 1. The van der Waals surface area contributed by atoms with E-state index in [9.17, 15) is 4.79 Å². The molecule has 0 bridgehead atoms. The number of fused-ring (bicyclic) bond motifs is 1. The first kappa shape index (κ1) is 22.7. The van der Waals surface area contributed by atoms with Crippen LogP contribution < -0.4 is 4.74 Å². The zero-order valence-corrected chi connectivity index (χ0v) is 21.1. The third kappa shape index (κ3) is 4.47. The standard InChI is InChI=1S/C28H31N3O2S/c1-17-8-11-21(14-18(17)2)27-26(30-19(3)34-27)28(32)31(16-20-9-10-20)13-12-22-15-29-25-23(22)6-5-7-24(25)33-4/h5-8,11,14-15,20,29H,9-10,12-13,16H2,1-4H3. The summed E-state index contributed by atoms with van der Waals surface area (Å²) in [5.74, 6) is 1.49. The fourth-order valence-corrected chi connectivity index (χ4v) is 5.41. The van der Waals surface area contributed by atoms with Gasteiger partial charge in [-0.05, 0) is 74.3 Å². The molecule has 0 saturated heterocycles. The Hall–Kier alpha value is -3.12. The summed E-state index contributed by atoms with van der Waals surface area (Å²) in [5, 5.41) is 2.07. The second-order valence-electron chi connectivity index (χ2n) is 9.35. The number of methoxy groups -OCH3 is 1. The zero-order valence-electron chi connectivity index (χ0n) is 20.3. The number of nitrogens with zero attached hydrogens (tertiary/aromatic N) is 2. The highest BCUT2D eigenvalue weighted by Gasteiger charge is 2.30. The Morgan fingerprint density at radius 3 is 2.74 bits per heavy atom. The number of aryl methyl sites for hydroxylation is 3. The predicted octanol–water partition coefficient (Wildman–Crippen LogP) is 6.32. The minimum absolute atomic E-state index is 0.0434. The molecule has 0 unspecified atom stereocenters. The molecule has 34 heavy (non-hydrogen) atoms. The first-order valence-corrected chi connectivity index (χ1v) is 12.7. The van der Waals surface area contributed by atoms with Crippen LogP contribution in [-0.4, -0.2) is 41.0 Å². The predicted molar refractivity (Wildman–Crippen MR) is 139 cm³/mol. The van der Waals surface area contributed by atoms with E-state index in [0.717, 1.165) is 45.1 Å². The van der Waals surface area contributed by atoms with Crippen LogP contribution in [0.3, 0.4) is 0 Å². The molecule has 1 aliphatic rings. The first-order chi connectivity index (χ1) is 16.4. The Kier molecular flexibility index (Phi) is 6.17. The van der Waals surface area contributed by atoms with E-state index in [1.807, 2.05) is 30.2 Å². The van der Waals surface area contributed by atoms with Gasteiger partial charge in [-0.15, -0.1) is 11.3 Å². The van der Waals surface area contributed by atoms with Crippen molar-refractivity contribution in [2.75, 3.05) is 20.2 Å². The lowest BCUT2D eigenvalue weighted by Gasteiger charge is -2.22. The number of aromatic amines is 1. The Morgan fingerprint density at radius 1 is 1.18 bits per heavy atom. The van der Waals surface area contributed by atoms with Crippen LogP contribution in [0.25, 0.3) is 21.3 Å². The number of hydrogen-bond donors (Lipinski definition) is 1. The van der Waals surface area contributed by atoms with Crippen LogP contribution in [0.15, 0.2) is 42.6 Å². The molecule has 2 heterocycles. The summed E-state index contributed by atoms with van der Waals surface area (Å²) in [4.78, 5) is 24.9. The molecular formula is C28H31N3O2S. The van der Waals surface area contributed by atoms with E-state index in [1.54, 1.807) is 18.4 Å². The van der Waals surface area contributed by atoms with Crippen LogP contribution in [-0.2, 0) is 6.42 Å². The molecule has 4 aromatic rings. The number of H-pyrrole nitrogens is 1. The van der Waals surface area contributed by atoms with E-state index in [-0.39, 0.29) is 5.91 Å². The summed E-state index contributed by atoms with van der Waals surface area (Å²) in [7, 11) is 1.69. The third-order valence-electron chi connectivity index (χ3n) is 6.80. The quantitative estimate of drug-likeness (QED) is 0.326. The highest BCUT2D eigenvalue weighted by Crippen LogP contribution is 2.35. The highest BCUT2D eigenvalue weighted by atomic mass is 32.1. The molecular weight excluding hydrogens is 442 g/mol. The van der Waals surface area contributed by atoms with Crippen molar-refractivity contribution in [1.82, 2.24) is 14.9 Å². The molecule has 1 fully saturated rings. The van der Waals surface area contributed by atoms with Crippen molar-refractivity contribution in [3.8, 4) is 16.2 Å². The van der Waals surface area contributed by atoms with E-state index in [1.165, 1.54) is 29.5 Å². The van der Waals surface area contributed by atoms with Crippen molar-refractivity contribution in [2.45, 2.75) is 40.0 Å². The molecule has 5 rings (SSSR count). The summed E-state index contributed by atoms with van der Waals surface area (Å²) in [6, 6.07) is 12.5. The van der Waals surface area contributed by atoms with E-state index < -0.39 is 0 Å². The van der Waals surface area contributed by atoms with E-state index in [4.69, 9.17) is 9.72 Å². The Balaban J connectivity index is 1.42. The minimum Gasteiger partial charge on any atom is -0.495 e. The number of benzene rings is 2. The van der Waals surface area contributed by atoms with Crippen molar-refractivity contribution in [3.63, 3.8) is 0 Å². The third-order valence-corrected chi connectivity index (χ3v) is 7.82. The molecule has 0 aliphatic heterocycles. The molecule has 1 amide bonds. The molecule has 6 heteroatoms. The summed E-state index contributed by atoms with van der Waals surface area (Å²) < 4.78 is 5.49. The van der Waals surface area contributed by atoms with Gasteiger partial charge in [0, 0.05) is 24.7 Å². The maximum atomic E-state index is 13.8. The van der Waals surface area contributed by atoms with Gasteiger partial charge in [0.25, 0.3) is 5.91 Å². The lowest BCUT2D eigenvalue weighted by Crippen LogP contribution is -2.35. The van der Waals surface area contributed by atoms with Gasteiger partial charge in [0.05, 0.1) is 22.5 Å². The fourth-order valence-electron chi connectivity index (χ4n) is 4.50. The zero-order chi connectivity index (χ0) is 23.8. The highest BCUT2D eigenvalue weighted by molar-refractivity contribution is 7.15. The number of para-hydroxylation sites is 1. The molecule has 176 valence electrons. The molecule has 0 radical (unpaired) electrons. The smallest absolute Gasteiger partial charge is 0.274 e. The molecule has 2 aromatic heterocycles. The lowest BCUT2D eigenvalue weighted by atomic mass is 10.0. The second-order valence-corrected chi connectivity index (χ2v) is 10.6. The number of carbonyl (C=O) groups is 1. The summed E-state index contributed by atoms with van der Waals surface area (Å²) in [6.45, 7) is 7.68. The number of aromatic nitrogens is 2.